The number of carbonyl (C=O) groups excluding carboxylic acids is 3. The molecule has 0 saturated heterocycles. The van der Waals surface area contributed by atoms with Gasteiger partial charge in [0.1, 0.15) is 20.4 Å². The standard InChI is InChI=1S/C6H7.3CH2O.Mn/c1-2-4-6-5-3-1;3*1-2;/h1-3H,4,6H2;3*1H2;/q-1;;;;. The number of rotatable bonds is 0. The van der Waals surface area contributed by atoms with Crippen molar-refractivity contribution in [1.29, 1.82) is 0 Å². The molecule has 0 aromatic carbocycles. The van der Waals surface area contributed by atoms with Crippen molar-refractivity contribution in [3.05, 3.63) is 24.3 Å². The van der Waals surface area contributed by atoms with E-state index in [0.717, 1.165) is 6.42 Å². The Kier molecular flexibility index (Phi) is 76.7. The van der Waals surface area contributed by atoms with Crippen LogP contribution in [0.4, 0.5) is 0 Å². The summed E-state index contributed by atoms with van der Waals surface area (Å²) in [4.78, 5) is 24.0. The second-order valence-corrected chi connectivity index (χ2v) is 1.34. The van der Waals surface area contributed by atoms with Crippen LogP contribution in [0.15, 0.2) is 18.2 Å². The van der Waals surface area contributed by atoms with E-state index in [2.05, 4.69) is 12.2 Å². The van der Waals surface area contributed by atoms with Crippen LogP contribution in [0.1, 0.15) is 12.8 Å². The number of carbonyl (C=O) groups is 3. The van der Waals surface area contributed by atoms with Gasteiger partial charge in [-0.3, -0.25) is 6.08 Å². The largest absolute Gasteiger partial charge is 0.307 e. The van der Waals surface area contributed by atoms with Crippen LogP contribution in [-0.4, -0.2) is 20.4 Å². The summed E-state index contributed by atoms with van der Waals surface area (Å²) >= 11 is 0. The molecule has 0 atom stereocenters. The van der Waals surface area contributed by atoms with Crippen LogP contribution < -0.4 is 0 Å². The van der Waals surface area contributed by atoms with Crippen LogP contribution in [0.25, 0.3) is 0 Å². The first-order valence-electron chi connectivity index (χ1n) is 3.08. The summed E-state index contributed by atoms with van der Waals surface area (Å²) < 4.78 is 0. The molecule has 1 aliphatic rings. The van der Waals surface area contributed by atoms with Crippen molar-refractivity contribution < 1.29 is 31.5 Å². The average Bonchev–Trinajstić information content (AvgIpc) is 2.29. The predicted molar refractivity (Wildman–Crippen MR) is 47.6 cm³/mol. The fraction of sp³-hybridized carbons (Fsp3) is 0.222. The maximum atomic E-state index is 8.00. The fourth-order valence-electron chi connectivity index (χ4n) is 0.482. The molecule has 0 aromatic rings. The van der Waals surface area contributed by atoms with Crippen LogP contribution in [0.3, 0.4) is 0 Å². The Labute approximate surface area is 89.4 Å². The molecule has 4 heteroatoms. The van der Waals surface area contributed by atoms with Gasteiger partial charge in [0.05, 0.1) is 0 Å². The predicted octanol–water partition coefficient (Wildman–Crippen LogP) is 1.14. The molecule has 1 aliphatic carbocycles. The molecule has 0 bridgehead atoms. The van der Waals surface area contributed by atoms with Gasteiger partial charge in [0, 0.05) is 17.1 Å². The molecule has 13 heavy (non-hydrogen) atoms. The molecule has 1 rings (SSSR count). The zero-order chi connectivity index (χ0) is 10.2. The Bertz CT molecular complexity index is 107. The third-order valence-corrected chi connectivity index (χ3v) is 0.806. The van der Waals surface area contributed by atoms with Gasteiger partial charge in [-0.25, -0.2) is 12.2 Å². The van der Waals surface area contributed by atoms with Crippen molar-refractivity contribution >= 4 is 20.4 Å². The molecule has 0 N–H and O–H groups in total. The molecular weight excluding hydrogens is 211 g/mol. The Morgan fingerprint density at radius 1 is 1.00 bits per heavy atom. The van der Waals surface area contributed by atoms with E-state index in [-0.39, 0.29) is 17.1 Å². The molecule has 3 nitrogen and oxygen atoms in total. The maximum Gasteiger partial charge on any atom is 0.106 e. The molecule has 0 spiro atoms. The van der Waals surface area contributed by atoms with Crippen molar-refractivity contribution in [3.8, 4) is 0 Å². The quantitative estimate of drug-likeness (QED) is 0.458. The number of hydrogen-bond acceptors (Lipinski definition) is 3. The summed E-state index contributed by atoms with van der Waals surface area (Å²) in [6, 6.07) is 0. The second kappa shape index (κ2) is 44.0. The third-order valence-electron chi connectivity index (χ3n) is 0.806. The van der Waals surface area contributed by atoms with Crippen LogP contribution >= 0.6 is 0 Å². The zero-order valence-corrected chi connectivity index (χ0v) is 8.55. The SMILES string of the molecule is C=O.C=O.C=O.[C-]1=CC=CCC1.[Mn]. The minimum absolute atomic E-state index is 0. The van der Waals surface area contributed by atoms with Crippen LogP contribution in [0.2, 0.25) is 0 Å². The first-order valence-corrected chi connectivity index (χ1v) is 3.08. The van der Waals surface area contributed by atoms with Crippen molar-refractivity contribution in [2.45, 2.75) is 12.8 Å². The van der Waals surface area contributed by atoms with E-state index in [9.17, 15) is 0 Å². The molecule has 0 saturated carbocycles. The van der Waals surface area contributed by atoms with Crippen molar-refractivity contribution in [3.63, 3.8) is 0 Å². The molecule has 0 aromatic heterocycles. The van der Waals surface area contributed by atoms with Crippen LogP contribution in [0, 0.1) is 6.08 Å². The third kappa shape index (κ3) is 35.6. The van der Waals surface area contributed by atoms with Gasteiger partial charge in [0.15, 0.2) is 0 Å². The molecule has 0 heterocycles. The van der Waals surface area contributed by atoms with E-state index in [4.69, 9.17) is 14.4 Å². The minimum Gasteiger partial charge on any atom is -0.307 e. The Hall–Kier alpha value is -0.991. The van der Waals surface area contributed by atoms with Gasteiger partial charge < -0.3 is 14.4 Å². The first-order chi connectivity index (χ1) is 6.00. The molecule has 0 fully saturated rings. The number of allylic oxidation sites excluding steroid dienone is 4. The summed E-state index contributed by atoms with van der Waals surface area (Å²) in [5.74, 6) is 0. The molecule has 0 unspecified atom stereocenters. The molecule has 0 aliphatic heterocycles. The summed E-state index contributed by atoms with van der Waals surface area (Å²) in [6.45, 7) is 6.00. The topological polar surface area (TPSA) is 51.2 Å². The monoisotopic (exact) mass is 224 g/mol. The van der Waals surface area contributed by atoms with Gasteiger partial charge in [-0.05, 0) is 0 Å². The van der Waals surface area contributed by atoms with Gasteiger partial charge in [0.25, 0.3) is 0 Å². The van der Waals surface area contributed by atoms with Crippen molar-refractivity contribution in [2.24, 2.45) is 0 Å². The smallest absolute Gasteiger partial charge is 0.106 e. The zero-order valence-electron chi connectivity index (χ0n) is 7.37. The average molecular weight is 224 g/mol. The van der Waals surface area contributed by atoms with Gasteiger partial charge in [-0.15, -0.1) is 6.42 Å². The number of hydrogen-bond donors (Lipinski definition) is 0. The summed E-state index contributed by atoms with van der Waals surface area (Å²) in [7, 11) is 0. The van der Waals surface area contributed by atoms with Gasteiger partial charge >= 0.3 is 0 Å². The molecular formula is C9H13MnO3-. The minimum atomic E-state index is 0. The van der Waals surface area contributed by atoms with E-state index in [1.807, 2.05) is 32.5 Å². The normalized spacial score (nSPS) is 9.54. The van der Waals surface area contributed by atoms with Gasteiger partial charge in [-0.1, -0.05) is 6.42 Å². The van der Waals surface area contributed by atoms with E-state index in [1.54, 1.807) is 0 Å². The molecule has 0 amide bonds. The summed E-state index contributed by atoms with van der Waals surface area (Å²) in [5.41, 5.74) is 0. The first kappa shape index (κ1) is 22.7. The fourth-order valence-corrected chi connectivity index (χ4v) is 0.482. The Morgan fingerprint density at radius 2 is 1.46 bits per heavy atom. The maximum absolute atomic E-state index is 8.00. The molecule has 1 radical (unpaired) electrons. The summed E-state index contributed by atoms with van der Waals surface area (Å²) in [6.07, 6.45) is 11.5. The van der Waals surface area contributed by atoms with E-state index >= 15 is 0 Å². The second-order valence-electron chi connectivity index (χ2n) is 1.34. The molecule has 75 valence electrons. The van der Waals surface area contributed by atoms with Crippen LogP contribution in [-0.2, 0) is 31.5 Å². The van der Waals surface area contributed by atoms with Gasteiger partial charge in [-0.2, -0.15) is 6.08 Å². The van der Waals surface area contributed by atoms with Crippen molar-refractivity contribution in [2.75, 3.05) is 0 Å². The summed E-state index contributed by atoms with van der Waals surface area (Å²) in [5, 5.41) is 0. The Balaban J connectivity index is -0.0000000508. The van der Waals surface area contributed by atoms with Crippen molar-refractivity contribution in [1.82, 2.24) is 0 Å². The van der Waals surface area contributed by atoms with Crippen LogP contribution in [0.5, 0.6) is 0 Å². The van der Waals surface area contributed by atoms with E-state index in [0.29, 0.717) is 0 Å². The van der Waals surface area contributed by atoms with E-state index < -0.39 is 0 Å². The Morgan fingerprint density at radius 3 is 1.54 bits per heavy atom. The van der Waals surface area contributed by atoms with E-state index in [1.165, 1.54) is 6.42 Å². The van der Waals surface area contributed by atoms with Gasteiger partial charge in [0.2, 0.25) is 0 Å².